The van der Waals surface area contributed by atoms with Crippen LogP contribution in [0.5, 0.6) is 5.75 Å². The molecule has 35 heavy (non-hydrogen) atoms. The van der Waals surface area contributed by atoms with Crippen LogP contribution < -0.4 is 4.74 Å². The normalized spacial score (nSPS) is 17.6. The van der Waals surface area contributed by atoms with Gasteiger partial charge in [-0.05, 0) is 70.2 Å². The Morgan fingerprint density at radius 1 is 1.17 bits per heavy atom. The Hall–Kier alpha value is -3.58. The molecular formula is C28H33N3O4. The number of rotatable bonds is 9. The summed E-state index contributed by atoms with van der Waals surface area (Å²) in [4.78, 5) is 33.4. The predicted octanol–water partition coefficient (Wildman–Crippen LogP) is 4.64. The molecule has 1 amide bonds. The number of aliphatic hydroxyl groups excluding tert-OH is 1. The minimum absolute atomic E-state index is 0.117. The fraction of sp³-hybridized carbons (Fsp3) is 0.357. The number of carbonyl (C=O) groups excluding carboxylic acids is 2. The van der Waals surface area contributed by atoms with Gasteiger partial charge < -0.3 is 24.6 Å². The average Bonchev–Trinajstić information content (AvgIpc) is 3.37. The molecule has 1 unspecified atom stereocenters. The molecule has 2 N–H and O–H groups in total. The van der Waals surface area contributed by atoms with Crippen molar-refractivity contribution >= 4 is 28.4 Å². The number of fused-ring (bicyclic) bond motifs is 1. The summed E-state index contributed by atoms with van der Waals surface area (Å²) in [5, 5.41) is 12.3. The van der Waals surface area contributed by atoms with Crippen LogP contribution in [-0.2, 0) is 9.59 Å². The van der Waals surface area contributed by atoms with Gasteiger partial charge >= 0.3 is 0 Å². The minimum Gasteiger partial charge on any atom is -0.507 e. The summed E-state index contributed by atoms with van der Waals surface area (Å²) in [6, 6.07) is 12.4. The molecule has 7 heteroatoms. The van der Waals surface area contributed by atoms with Gasteiger partial charge in [0, 0.05) is 34.8 Å². The number of amides is 1. The first-order valence-electron chi connectivity index (χ1n) is 12.1. The summed E-state index contributed by atoms with van der Waals surface area (Å²) < 4.78 is 5.76. The number of ketones is 1. The van der Waals surface area contributed by atoms with Crippen LogP contribution >= 0.6 is 0 Å². The van der Waals surface area contributed by atoms with Crippen molar-refractivity contribution in [1.29, 1.82) is 0 Å². The third kappa shape index (κ3) is 4.82. The summed E-state index contributed by atoms with van der Waals surface area (Å²) >= 11 is 0. The molecule has 0 spiro atoms. The van der Waals surface area contributed by atoms with Crippen LogP contribution in [0.1, 0.15) is 42.5 Å². The zero-order chi connectivity index (χ0) is 25.1. The van der Waals surface area contributed by atoms with Crippen molar-refractivity contribution in [1.82, 2.24) is 14.8 Å². The maximum absolute atomic E-state index is 13.3. The number of carbonyl (C=O) groups is 2. The molecule has 2 aromatic carbocycles. The molecule has 3 aromatic rings. The first-order valence-corrected chi connectivity index (χ1v) is 12.1. The number of nitrogens with one attached hydrogen (secondary N) is 1. The summed E-state index contributed by atoms with van der Waals surface area (Å²) in [5.41, 5.74) is 3.17. The highest BCUT2D eigenvalue weighted by Gasteiger charge is 2.46. The Morgan fingerprint density at radius 3 is 2.66 bits per heavy atom. The highest BCUT2D eigenvalue weighted by molar-refractivity contribution is 6.46. The molecule has 0 aliphatic carbocycles. The molecule has 0 saturated carbocycles. The predicted molar refractivity (Wildman–Crippen MR) is 137 cm³/mol. The van der Waals surface area contributed by atoms with Crippen molar-refractivity contribution < 1.29 is 19.4 Å². The number of para-hydroxylation sites is 1. The lowest BCUT2D eigenvalue weighted by Crippen LogP contribution is -2.32. The van der Waals surface area contributed by atoms with E-state index in [4.69, 9.17) is 4.74 Å². The Kier molecular flexibility index (Phi) is 7.26. The van der Waals surface area contributed by atoms with Gasteiger partial charge in [-0.3, -0.25) is 9.59 Å². The molecule has 0 bridgehead atoms. The minimum atomic E-state index is -0.676. The molecule has 1 atom stereocenters. The summed E-state index contributed by atoms with van der Waals surface area (Å²) in [6.45, 7) is 5.73. The van der Waals surface area contributed by atoms with E-state index in [0.29, 0.717) is 25.1 Å². The maximum atomic E-state index is 13.3. The molecule has 184 valence electrons. The number of aromatic nitrogens is 1. The van der Waals surface area contributed by atoms with Crippen molar-refractivity contribution in [3.63, 3.8) is 0 Å². The zero-order valence-corrected chi connectivity index (χ0v) is 20.8. The molecule has 1 saturated heterocycles. The van der Waals surface area contributed by atoms with E-state index in [-0.39, 0.29) is 11.3 Å². The lowest BCUT2D eigenvalue weighted by atomic mass is 9.94. The van der Waals surface area contributed by atoms with Crippen molar-refractivity contribution in [3.8, 4) is 5.75 Å². The number of ether oxygens (including phenoxy) is 1. The van der Waals surface area contributed by atoms with Gasteiger partial charge in [-0.25, -0.2) is 0 Å². The number of likely N-dealkylation sites (tertiary alicyclic amines) is 1. The second-order valence-corrected chi connectivity index (χ2v) is 9.27. The van der Waals surface area contributed by atoms with E-state index in [1.54, 1.807) is 23.1 Å². The van der Waals surface area contributed by atoms with E-state index in [0.717, 1.165) is 40.7 Å². The van der Waals surface area contributed by atoms with E-state index in [9.17, 15) is 14.7 Å². The average molecular weight is 476 g/mol. The number of H-pyrrole nitrogens is 1. The first kappa shape index (κ1) is 24.5. The molecule has 1 aromatic heterocycles. The van der Waals surface area contributed by atoms with E-state index in [1.807, 2.05) is 63.3 Å². The number of aryl methyl sites for hydroxylation is 1. The van der Waals surface area contributed by atoms with Gasteiger partial charge in [-0.1, -0.05) is 25.1 Å². The van der Waals surface area contributed by atoms with Gasteiger partial charge in [0.25, 0.3) is 11.7 Å². The van der Waals surface area contributed by atoms with E-state index >= 15 is 0 Å². The fourth-order valence-electron chi connectivity index (χ4n) is 4.64. The van der Waals surface area contributed by atoms with E-state index < -0.39 is 17.7 Å². The molecule has 7 nitrogen and oxygen atoms in total. The van der Waals surface area contributed by atoms with Crippen molar-refractivity contribution in [2.75, 3.05) is 33.8 Å². The van der Waals surface area contributed by atoms with Crippen molar-refractivity contribution in [3.05, 3.63) is 70.9 Å². The third-order valence-electron chi connectivity index (χ3n) is 6.37. The summed E-state index contributed by atoms with van der Waals surface area (Å²) in [5.74, 6) is -0.675. The van der Waals surface area contributed by atoms with Gasteiger partial charge in [0.1, 0.15) is 11.5 Å². The number of aliphatic hydroxyl groups is 1. The quantitative estimate of drug-likeness (QED) is 0.268. The molecule has 4 rings (SSSR count). The molecule has 1 aliphatic heterocycles. The SMILES string of the molecule is CCCOc1ccc(/C(O)=C2\C(=O)C(=O)N(CCCN(C)C)C2c2c[nH]c3ccccc23)cc1C. The molecular weight excluding hydrogens is 442 g/mol. The fourth-order valence-corrected chi connectivity index (χ4v) is 4.64. The highest BCUT2D eigenvalue weighted by atomic mass is 16.5. The van der Waals surface area contributed by atoms with Crippen LogP contribution in [0.4, 0.5) is 0 Å². The van der Waals surface area contributed by atoms with Gasteiger partial charge in [0.2, 0.25) is 0 Å². The van der Waals surface area contributed by atoms with Crippen LogP contribution in [0.2, 0.25) is 0 Å². The standard InChI is InChI=1S/C28H33N3O4/c1-5-15-35-23-12-11-19(16-18(23)2)26(32)24-25(21-17-29-22-10-7-6-9-20(21)22)31(28(34)27(24)33)14-8-13-30(3)4/h6-7,9-12,16-17,25,29,32H,5,8,13-15H2,1-4H3/b26-24+. The zero-order valence-electron chi connectivity index (χ0n) is 20.8. The van der Waals surface area contributed by atoms with Crippen LogP contribution in [0.25, 0.3) is 16.7 Å². The molecule has 1 fully saturated rings. The van der Waals surface area contributed by atoms with Crippen molar-refractivity contribution in [2.45, 2.75) is 32.7 Å². The van der Waals surface area contributed by atoms with E-state index in [2.05, 4.69) is 4.98 Å². The Labute approximate surface area is 206 Å². The number of hydrogen-bond acceptors (Lipinski definition) is 5. The molecule has 0 radical (unpaired) electrons. The molecule has 2 heterocycles. The number of hydrogen-bond donors (Lipinski definition) is 2. The second-order valence-electron chi connectivity index (χ2n) is 9.27. The topological polar surface area (TPSA) is 85.9 Å². The summed E-state index contributed by atoms with van der Waals surface area (Å²) in [7, 11) is 3.95. The van der Waals surface area contributed by atoms with E-state index in [1.165, 1.54) is 0 Å². The van der Waals surface area contributed by atoms with Crippen molar-refractivity contribution in [2.24, 2.45) is 0 Å². The Morgan fingerprint density at radius 2 is 1.94 bits per heavy atom. The number of nitrogens with zero attached hydrogens (tertiary/aromatic N) is 2. The largest absolute Gasteiger partial charge is 0.507 e. The van der Waals surface area contributed by atoms with Gasteiger partial charge in [-0.15, -0.1) is 0 Å². The molecule has 1 aliphatic rings. The number of benzene rings is 2. The highest BCUT2D eigenvalue weighted by Crippen LogP contribution is 2.42. The smallest absolute Gasteiger partial charge is 0.295 e. The first-order chi connectivity index (χ1) is 16.8. The lowest BCUT2D eigenvalue weighted by molar-refractivity contribution is -0.139. The Bertz CT molecular complexity index is 1270. The maximum Gasteiger partial charge on any atom is 0.295 e. The van der Waals surface area contributed by atoms with Gasteiger partial charge in [0.05, 0.1) is 18.2 Å². The van der Waals surface area contributed by atoms with Gasteiger partial charge in [-0.2, -0.15) is 0 Å². The van der Waals surface area contributed by atoms with Crippen LogP contribution in [-0.4, -0.2) is 65.4 Å². The lowest BCUT2D eigenvalue weighted by Gasteiger charge is -2.25. The second kappa shape index (κ2) is 10.4. The van der Waals surface area contributed by atoms with Crippen LogP contribution in [0.15, 0.2) is 54.2 Å². The number of Topliss-reactive ketones (excluding diaryl/α,β-unsaturated/α-hetero) is 1. The summed E-state index contributed by atoms with van der Waals surface area (Å²) in [6.07, 6.45) is 3.44. The number of aromatic amines is 1. The van der Waals surface area contributed by atoms with Crippen LogP contribution in [0, 0.1) is 6.92 Å². The Balaban J connectivity index is 1.81. The van der Waals surface area contributed by atoms with Gasteiger partial charge in [0.15, 0.2) is 0 Å². The monoisotopic (exact) mass is 475 g/mol. The van der Waals surface area contributed by atoms with Crippen LogP contribution in [0.3, 0.4) is 0 Å². The third-order valence-corrected chi connectivity index (χ3v) is 6.37.